The van der Waals surface area contributed by atoms with Crippen molar-refractivity contribution in [3.8, 4) is 0 Å². The lowest BCUT2D eigenvalue weighted by Gasteiger charge is -2.37. The third kappa shape index (κ3) is 2.81. The summed E-state index contributed by atoms with van der Waals surface area (Å²) in [6, 6.07) is 1.83. The van der Waals surface area contributed by atoms with E-state index in [0.717, 1.165) is 5.56 Å². The molecular weight excluding hydrogens is 290 g/mol. The lowest BCUT2D eigenvalue weighted by molar-refractivity contribution is -0.138. The molecule has 0 saturated carbocycles. The van der Waals surface area contributed by atoms with Crippen LogP contribution in [-0.4, -0.2) is 66.5 Å². The van der Waals surface area contributed by atoms with Gasteiger partial charge < -0.3 is 20.3 Å². The third-order valence-electron chi connectivity index (χ3n) is 4.10. The van der Waals surface area contributed by atoms with Gasteiger partial charge in [-0.05, 0) is 17.9 Å². The highest BCUT2D eigenvalue weighted by atomic mass is 32.1. The molecule has 0 aliphatic carbocycles. The molecule has 1 aromatic heterocycles. The van der Waals surface area contributed by atoms with Crippen molar-refractivity contribution in [2.75, 3.05) is 39.4 Å². The van der Waals surface area contributed by atoms with Gasteiger partial charge in [0.15, 0.2) is 0 Å². The molecule has 2 N–H and O–H groups in total. The van der Waals surface area contributed by atoms with E-state index in [0.29, 0.717) is 45.8 Å². The van der Waals surface area contributed by atoms with Gasteiger partial charge in [-0.3, -0.25) is 9.59 Å². The SMILES string of the molecule is NC1(C(=O)N2CCN(C(=O)c3ccsc3)CC2)CCOC1. The molecule has 2 fully saturated rings. The number of amides is 2. The van der Waals surface area contributed by atoms with Crippen LogP contribution in [-0.2, 0) is 9.53 Å². The van der Waals surface area contributed by atoms with E-state index in [1.165, 1.54) is 11.3 Å². The average Bonchev–Trinajstić information content (AvgIpc) is 3.18. The van der Waals surface area contributed by atoms with Gasteiger partial charge in [0.25, 0.3) is 5.91 Å². The summed E-state index contributed by atoms with van der Waals surface area (Å²) in [5, 5.41) is 3.75. The molecule has 114 valence electrons. The minimum atomic E-state index is -0.875. The molecule has 0 bridgehead atoms. The molecule has 3 rings (SSSR count). The van der Waals surface area contributed by atoms with Crippen LogP contribution in [0.15, 0.2) is 16.8 Å². The fourth-order valence-corrected chi connectivity index (χ4v) is 3.38. The monoisotopic (exact) mass is 309 g/mol. The first-order valence-corrected chi connectivity index (χ1v) is 8.02. The van der Waals surface area contributed by atoms with Crippen LogP contribution in [0.5, 0.6) is 0 Å². The average molecular weight is 309 g/mol. The van der Waals surface area contributed by atoms with E-state index in [9.17, 15) is 9.59 Å². The second kappa shape index (κ2) is 5.75. The second-order valence-corrected chi connectivity index (χ2v) is 6.34. The molecule has 21 heavy (non-hydrogen) atoms. The van der Waals surface area contributed by atoms with Gasteiger partial charge in [0.05, 0.1) is 12.2 Å². The van der Waals surface area contributed by atoms with Crippen LogP contribution in [0.1, 0.15) is 16.8 Å². The van der Waals surface area contributed by atoms with E-state index in [4.69, 9.17) is 10.5 Å². The molecule has 1 unspecified atom stereocenters. The molecule has 0 radical (unpaired) electrons. The Labute approximate surface area is 127 Å². The Morgan fingerprint density at radius 3 is 2.52 bits per heavy atom. The van der Waals surface area contributed by atoms with E-state index in [1.54, 1.807) is 9.80 Å². The Morgan fingerprint density at radius 1 is 1.24 bits per heavy atom. The minimum absolute atomic E-state index is 0.0370. The molecular formula is C14H19N3O3S. The molecule has 2 amide bonds. The number of carbonyl (C=O) groups excluding carboxylic acids is 2. The maximum Gasteiger partial charge on any atom is 0.254 e. The van der Waals surface area contributed by atoms with Crippen LogP contribution in [0.4, 0.5) is 0 Å². The predicted octanol–water partition coefficient (Wildman–Crippen LogP) is 0.150. The first-order valence-electron chi connectivity index (χ1n) is 7.08. The minimum Gasteiger partial charge on any atom is -0.379 e. The highest BCUT2D eigenvalue weighted by Crippen LogP contribution is 2.20. The van der Waals surface area contributed by atoms with Crippen molar-refractivity contribution in [1.29, 1.82) is 0 Å². The topological polar surface area (TPSA) is 75.9 Å². The van der Waals surface area contributed by atoms with Crippen molar-refractivity contribution >= 4 is 23.2 Å². The maximum absolute atomic E-state index is 12.4. The Morgan fingerprint density at radius 2 is 1.95 bits per heavy atom. The van der Waals surface area contributed by atoms with Crippen molar-refractivity contribution in [2.45, 2.75) is 12.0 Å². The number of nitrogens with zero attached hydrogens (tertiary/aromatic N) is 2. The Bertz CT molecular complexity index is 518. The largest absolute Gasteiger partial charge is 0.379 e. The van der Waals surface area contributed by atoms with E-state index < -0.39 is 5.54 Å². The number of hydrogen-bond donors (Lipinski definition) is 1. The van der Waals surface area contributed by atoms with Crippen LogP contribution in [0.2, 0.25) is 0 Å². The highest BCUT2D eigenvalue weighted by Gasteiger charge is 2.41. The molecule has 6 nitrogen and oxygen atoms in total. The summed E-state index contributed by atoms with van der Waals surface area (Å²) in [6.07, 6.45) is 0.569. The number of thiophene rings is 1. The molecule has 2 aliphatic heterocycles. The van der Waals surface area contributed by atoms with Gasteiger partial charge in [0.2, 0.25) is 5.91 Å². The Balaban J connectivity index is 1.58. The van der Waals surface area contributed by atoms with Crippen molar-refractivity contribution < 1.29 is 14.3 Å². The zero-order chi connectivity index (χ0) is 14.9. The van der Waals surface area contributed by atoms with Crippen molar-refractivity contribution in [3.63, 3.8) is 0 Å². The fourth-order valence-electron chi connectivity index (χ4n) is 2.75. The predicted molar refractivity (Wildman–Crippen MR) is 79.2 cm³/mol. The smallest absolute Gasteiger partial charge is 0.254 e. The third-order valence-corrected chi connectivity index (χ3v) is 4.78. The highest BCUT2D eigenvalue weighted by molar-refractivity contribution is 7.08. The lowest BCUT2D eigenvalue weighted by Crippen LogP contribution is -2.60. The van der Waals surface area contributed by atoms with Gasteiger partial charge in [0.1, 0.15) is 5.54 Å². The summed E-state index contributed by atoms with van der Waals surface area (Å²) in [5.41, 5.74) is 5.96. The van der Waals surface area contributed by atoms with E-state index in [-0.39, 0.29) is 11.8 Å². The Kier molecular flexibility index (Phi) is 3.97. The van der Waals surface area contributed by atoms with Gasteiger partial charge in [0, 0.05) is 38.2 Å². The summed E-state index contributed by atoms with van der Waals surface area (Å²) < 4.78 is 5.24. The zero-order valence-corrected chi connectivity index (χ0v) is 12.6. The van der Waals surface area contributed by atoms with Gasteiger partial charge >= 0.3 is 0 Å². The van der Waals surface area contributed by atoms with Gasteiger partial charge in [-0.1, -0.05) is 0 Å². The van der Waals surface area contributed by atoms with Gasteiger partial charge in [-0.15, -0.1) is 0 Å². The van der Waals surface area contributed by atoms with E-state index in [2.05, 4.69) is 0 Å². The quantitative estimate of drug-likeness (QED) is 0.844. The molecule has 1 aromatic rings. The number of nitrogens with two attached hydrogens (primary N) is 1. The van der Waals surface area contributed by atoms with Gasteiger partial charge in [-0.25, -0.2) is 0 Å². The standard InChI is InChI=1S/C14H19N3O3S/c15-14(2-7-20-10-14)13(19)17-5-3-16(4-6-17)12(18)11-1-8-21-9-11/h1,8-9H,2-7,10,15H2. The van der Waals surface area contributed by atoms with Crippen LogP contribution in [0.3, 0.4) is 0 Å². The van der Waals surface area contributed by atoms with Crippen molar-refractivity contribution in [2.24, 2.45) is 5.73 Å². The van der Waals surface area contributed by atoms with Crippen LogP contribution in [0.25, 0.3) is 0 Å². The lowest BCUT2D eigenvalue weighted by atomic mass is 9.98. The van der Waals surface area contributed by atoms with Crippen molar-refractivity contribution in [3.05, 3.63) is 22.4 Å². The molecule has 0 aromatic carbocycles. The first kappa shape index (κ1) is 14.5. The Hall–Kier alpha value is -1.44. The summed E-state index contributed by atoms with van der Waals surface area (Å²) in [6.45, 7) is 3.01. The first-order chi connectivity index (χ1) is 10.1. The molecule has 0 spiro atoms. The number of carbonyl (C=O) groups is 2. The van der Waals surface area contributed by atoms with Gasteiger partial charge in [-0.2, -0.15) is 11.3 Å². The summed E-state index contributed by atoms with van der Waals surface area (Å²) >= 11 is 1.51. The van der Waals surface area contributed by atoms with Crippen LogP contribution < -0.4 is 5.73 Å². The molecule has 2 aliphatic rings. The summed E-state index contributed by atoms with van der Waals surface area (Å²) in [5.74, 6) is -0.0161. The molecule has 3 heterocycles. The zero-order valence-electron chi connectivity index (χ0n) is 11.8. The van der Waals surface area contributed by atoms with E-state index >= 15 is 0 Å². The summed E-state index contributed by atoms with van der Waals surface area (Å²) in [7, 11) is 0. The number of hydrogen-bond acceptors (Lipinski definition) is 5. The fraction of sp³-hybridized carbons (Fsp3) is 0.571. The molecule has 2 saturated heterocycles. The maximum atomic E-state index is 12.4. The molecule has 1 atom stereocenters. The van der Waals surface area contributed by atoms with E-state index in [1.807, 2.05) is 16.8 Å². The van der Waals surface area contributed by atoms with Crippen LogP contribution in [0, 0.1) is 0 Å². The van der Waals surface area contributed by atoms with Crippen molar-refractivity contribution in [1.82, 2.24) is 9.80 Å². The molecule has 7 heteroatoms. The number of piperazine rings is 1. The number of ether oxygens (including phenoxy) is 1. The van der Waals surface area contributed by atoms with Crippen LogP contribution >= 0.6 is 11.3 Å². The second-order valence-electron chi connectivity index (χ2n) is 5.56. The number of rotatable bonds is 2. The normalized spacial score (nSPS) is 26.1. The summed E-state index contributed by atoms with van der Waals surface area (Å²) in [4.78, 5) is 28.2.